The van der Waals surface area contributed by atoms with Crippen LogP contribution in [0, 0.1) is 0 Å². The van der Waals surface area contributed by atoms with Crippen molar-refractivity contribution in [1.82, 2.24) is 4.72 Å². The van der Waals surface area contributed by atoms with Gasteiger partial charge < -0.3 is 9.47 Å². The Morgan fingerprint density at radius 2 is 1.80 bits per heavy atom. The van der Waals surface area contributed by atoms with E-state index in [4.69, 9.17) is 4.74 Å². The Morgan fingerprint density at radius 1 is 1.12 bits per heavy atom. The van der Waals surface area contributed by atoms with E-state index in [1.165, 1.54) is 37.4 Å². The third kappa shape index (κ3) is 5.35. The number of para-hydroxylation sites is 1. The average molecular weight is 440 g/mol. The third-order valence-corrected chi connectivity index (χ3v) is 4.98. The van der Waals surface area contributed by atoms with Crippen LogP contribution < -0.4 is 14.2 Å². The Morgan fingerprint density at radius 3 is 2.44 bits per heavy atom. The number of benzene rings is 2. The van der Waals surface area contributed by atoms with Crippen LogP contribution in [0.4, 0.5) is 13.2 Å². The SMILES string of the molecule is COc1ccc(Br)cc1S(=O)(=O)NCc1ccccc1OC(F)(F)F. The Labute approximate surface area is 150 Å². The number of methoxy groups -OCH3 is 1. The van der Waals surface area contributed by atoms with E-state index < -0.39 is 22.1 Å². The number of alkyl halides is 3. The van der Waals surface area contributed by atoms with E-state index in [1.807, 2.05) is 0 Å². The van der Waals surface area contributed by atoms with Crippen LogP contribution in [-0.2, 0) is 16.6 Å². The predicted octanol–water partition coefficient (Wildman–Crippen LogP) is 3.83. The highest BCUT2D eigenvalue weighted by atomic mass is 79.9. The lowest BCUT2D eigenvalue weighted by atomic mass is 10.2. The first-order chi connectivity index (χ1) is 11.6. The lowest BCUT2D eigenvalue weighted by Crippen LogP contribution is -2.25. The van der Waals surface area contributed by atoms with Crippen LogP contribution >= 0.6 is 15.9 Å². The van der Waals surface area contributed by atoms with Crippen molar-refractivity contribution in [2.24, 2.45) is 0 Å². The Balaban J connectivity index is 2.26. The summed E-state index contributed by atoms with van der Waals surface area (Å²) in [6, 6.07) is 9.67. The fraction of sp³-hybridized carbons (Fsp3) is 0.200. The second-order valence-corrected chi connectivity index (χ2v) is 7.43. The first-order valence-electron chi connectivity index (χ1n) is 6.79. The zero-order valence-electron chi connectivity index (χ0n) is 12.8. The van der Waals surface area contributed by atoms with Crippen LogP contribution in [0.2, 0.25) is 0 Å². The van der Waals surface area contributed by atoms with Crippen molar-refractivity contribution in [2.75, 3.05) is 7.11 Å². The molecule has 0 aliphatic heterocycles. The van der Waals surface area contributed by atoms with Crippen molar-refractivity contribution < 1.29 is 31.1 Å². The van der Waals surface area contributed by atoms with Gasteiger partial charge in [0, 0.05) is 16.6 Å². The molecular formula is C15H13BrF3NO4S. The van der Waals surface area contributed by atoms with Crippen molar-refractivity contribution in [3.05, 3.63) is 52.5 Å². The van der Waals surface area contributed by atoms with Gasteiger partial charge in [-0.25, -0.2) is 13.1 Å². The van der Waals surface area contributed by atoms with Gasteiger partial charge in [-0.3, -0.25) is 0 Å². The lowest BCUT2D eigenvalue weighted by Gasteiger charge is -2.14. The van der Waals surface area contributed by atoms with Gasteiger partial charge in [-0.1, -0.05) is 34.1 Å². The molecule has 2 aromatic carbocycles. The quantitative estimate of drug-likeness (QED) is 0.742. The van der Waals surface area contributed by atoms with Gasteiger partial charge in [0.15, 0.2) is 0 Å². The molecule has 0 spiro atoms. The number of hydrogen-bond acceptors (Lipinski definition) is 4. The van der Waals surface area contributed by atoms with E-state index in [-0.39, 0.29) is 22.8 Å². The van der Waals surface area contributed by atoms with E-state index in [9.17, 15) is 21.6 Å². The molecule has 0 aliphatic carbocycles. The van der Waals surface area contributed by atoms with Gasteiger partial charge in [0.2, 0.25) is 10.0 Å². The summed E-state index contributed by atoms with van der Waals surface area (Å²) in [4.78, 5) is -0.140. The maximum atomic E-state index is 12.5. The van der Waals surface area contributed by atoms with Crippen LogP contribution in [-0.4, -0.2) is 21.9 Å². The molecule has 0 heterocycles. The summed E-state index contributed by atoms with van der Waals surface area (Å²) in [7, 11) is -2.71. The second-order valence-electron chi connectivity index (χ2n) is 4.78. The fourth-order valence-corrected chi connectivity index (χ4v) is 3.70. The maximum Gasteiger partial charge on any atom is 0.573 e. The van der Waals surface area contributed by atoms with Crippen LogP contribution in [0.15, 0.2) is 51.8 Å². The number of rotatable bonds is 6. The van der Waals surface area contributed by atoms with E-state index in [0.29, 0.717) is 4.47 Å². The molecule has 0 unspecified atom stereocenters. The molecule has 0 fully saturated rings. The van der Waals surface area contributed by atoms with E-state index in [0.717, 1.165) is 6.07 Å². The molecule has 1 N–H and O–H groups in total. The molecule has 0 aliphatic rings. The molecule has 0 saturated carbocycles. The van der Waals surface area contributed by atoms with Gasteiger partial charge in [-0.2, -0.15) is 0 Å². The minimum Gasteiger partial charge on any atom is -0.495 e. The van der Waals surface area contributed by atoms with Crippen molar-refractivity contribution >= 4 is 26.0 Å². The van der Waals surface area contributed by atoms with Crippen LogP contribution in [0.1, 0.15) is 5.56 Å². The number of nitrogens with one attached hydrogen (secondary N) is 1. The molecule has 0 amide bonds. The summed E-state index contributed by atoms with van der Waals surface area (Å²) >= 11 is 3.17. The largest absolute Gasteiger partial charge is 0.573 e. The summed E-state index contributed by atoms with van der Waals surface area (Å²) in [6.45, 7) is -0.385. The summed E-state index contributed by atoms with van der Waals surface area (Å²) in [5.74, 6) is -0.366. The van der Waals surface area contributed by atoms with Gasteiger partial charge in [0.25, 0.3) is 0 Å². The number of halogens is 4. The lowest BCUT2D eigenvalue weighted by molar-refractivity contribution is -0.274. The highest BCUT2D eigenvalue weighted by Crippen LogP contribution is 2.29. The number of ether oxygens (including phenoxy) is 2. The molecule has 5 nitrogen and oxygen atoms in total. The average Bonchev–Trinajstić information content (AvgIpc) is 2.52. The molecular weight excluding hydrogens is 427 g/mol. The van der Waals surface area contributed by atoms with Gasteiger partial charge in [0.1, 0.15) is 16.4 Å². The zero-order valence-corrected chi connectivity index (χ0v) is 15.2. The first-order valence-corrected chi connectivity index (χ1v) is 9.07. The van der Waals surface area contributed by atoms with Crippen LogP contribution in [0.25, 0.3) is 0 Å². The van der Waals surface area contributed by atoms with E-state index in [1.54, 1.807) is 6.07 Å². The van der Waals surface area contributed by atoms with E-state index >= 15 is 0 Å². The Hall–Kier alpha value is -1.78. The minimum absolute atomic E-state index is 0.0392. The molecule has 25 heavy (non-hydrogen) atoms. The Bertz CT molecular complexity index is 856. The minimum atomic E-state index is -4.87. The number of hydrogen-bond donors (Lipinski definition) is 1. The maximum absolute atomic E-state index is 12.5. The highest BCUT2D eigenvalue weighted by Gasteiger charge is 2.32. The highest BCUT2D eigenvalue weighted by molar-refractivity contribution is 9.10. The van der Waals surface area contributed by atoms with Gasteiger partial charge in [-0.05, 0) is 24.3 Å². The molecule has 136 valence electrons. The summed E-state index contributed by atoms with van der Waals surface area (Å²) < 4.78 is 73.8. The fourth-order valence-electron chi connectivity index (χ4n) is 1.99. The van der Waals surface area contributed by atoms with Gasteiger partial charge in [0.05, 0.1) is 7.11 Å². The monoisotopic (exact) mass is 439 g/mol. The Kier molecular flexibility index (Phi) is 5.96. The molecule has 0 bridgehead atoms. The second kappa shape index (κ2) is 7.63. The van der Waals surface area contributed by atoms with Crippen LogP contribution in [0.3, 0.4) is 0 Å². The molecule has 0 radical (unpaired) electrons. The van der Waals surface area contributed by atoms with Crippen LogP contribution in [0.5, 0.6) is 11.5 Å². The zero-order chi connectivity index (χ0) is 18.7. The predicted molar refractivity (Wildman–Crippen MR) is 87.8 cm³/mol. The smallest absolute Gasteiger partial charge is 0.495 e. The summed E-state index contributed by atoms with van der Waals surface area (Å²) in [5.41, 5.74) is 0.0392. The third-order valence-electron chi connectivity index (χ3n) is 3.07. The number of sulfonamides is 1. The summed E-state index contributed by atoms with van der Waals surface area (Å²) in [5, 5.41) is 0. The molecule has 0 atom stereocenters. The molecule has 0 aromatic heterocycles. The first kappa shape index (κ1) is 19.5. The van der Waals surface area contributed by atoms with Gasteiger partial charge >= 0.3 is 6.36 Å². The molecule has 0 saturated heterocycles. The standard InChI is InChI=1S/C15H13BrF3NO4S/c1-23-13-7-6-11(16)8-14(13)25(21,22)20-9-10-4-2-3-5-12(10)24-15(17,18)19/h2-8,20H,9H2,1H3. The topological polar surface area (TPSA) is 64.6 Å². The van der Waals surface area contributed by atoms with Crippen molar-refractivity contribution in [2.45, 2.75) is 17.8 Å². The molecule has 2 rings (SSSR count). The molecule has 2 aromatic rings. The van der Waals surface area contributed by atoms with E-state index in [2.05, 4.69) is 25.4 Å². The summed E-state index contributed by atoms with van der Waals surface area (Å²) in [6.07, 6.45) is -4.87. The van der Waals surface area contributed by atoms with Crippen molar-refractivity contribution in [1.29, 1.82) is 0 Å². The van der Waals surface area contributed by atoms with Crippen molar-refractivity contribution in [3.63, 3.8) is 0 Å². The molecule has 10 heteroatoms. The van der Waals surface area contributed by atoms with Gasteiger partial charge in [-0.15, -0.1) is 13.2 Å². The normalized spacial score (nSPS) is 12.0. The van der Waals surface area contributed by atoms with Crippen molar-refractivity contribution in [3.8, 4) is 11.5 Å².